The third-order valence-electron chi connectivity index (χ3n) is 3.64. The van der Waals surface area contributed by atoms with Crippen LogP contribution in [0.1, 0.15) is 5.56 Å². The van der Waals surface area contributed by atoms with Gasteiger partial charge in [-0.1, -0.05) is 41.4 Å². The Morgan fingerprint density at radius 3 is 2.74 bits per heavy atom. The number of hydrogen-bond acceptors (Lipinski definition) is 2. The highest BCUT2D eigenvalue weighted by molar-refractivity contribution is 6.42. The lowest BCUT2D eigenvalue weighted by Crippen LogP contribution is -2.37. The van der Waals surface area contributed by atoms with Crippen molar-refractivity contribution < 1.29 is 4.79 Å². The van der Waals surface area contributed by atoms with Crippen LogP contribution in [0.25, 0.3) is 10.9 Å². The number of carbonyl (C=O) groups excluding carboxylic acids is 1. The molecule has 0 radical (unpaired) electrons. The molecule has 0 aliphatic carbocycles. The van der Waals surface area contributed by atoms with Crippen LogP contribution in [0.15, 0.2) is 48.7 Å². The van der Waals surface area contributed by atoms with E-state index in [0.717, 1.165) is 16.5 Å². The fourth-order valence-corrected chi connectivity index (χ4v) is 2.74. The molecule has 0 fully saturated rings. The Morgan fingerprint density at radius 1 is 1.17 bits per heavy atom. The molecule has 6 heteroatoms. The highest BCUT2D eigenvalue weighted by atomic mass is 35.5. The summed E-state index contributed by atoms with van der Waals surface area (Å²) in [5.74, 6) is -0.270. The van der Waals surface area contributed by atoms with Crippen molar-refractivity contribution in [1.29, 1.82) is 0 Å². The number of carbonyl (C=O) groups is 1. The summed E-state index contributed by atoms with van der Waals surface area (Å²) in [6, 6.07) is 12.2. The summed E-state index contributed by atoms with van der Waals surface area (Å²) in [5, 5.41) is 4.65. The van der Waals surface area contributed by atoms with Gasteiger partial charge in [0.05, 0.1) is 16.1 Å². The molecule has 0 unspecified atom stereocenters. The normalized spacial score (nSPS) is 12.3. The van der Waals surface area contributed by atoms with Crippen LogP contribution in [0.3, 0.4) is 0 Å². The summed E-state index contributed by atoms with van der Waals surface area (Å²) in [5.41, 5.74) is 8.64. The van der Waals surface area contributed by atoms with Crippen LogP contribution in [0.5, 0.6) is 0 Å². The van der Waals surface area contributed by atoms with Gasteiger partial charge >= 0.3 is 0 Å². The third-order valence-corrected chi connectivity index (χ3v) is 4.38. The van der Waals surface area contributed by atoms with E-state index in [-0.39, 0.29) is 5.91 Å². The largest absolute Gasteiger partial charge is 0.361 e. The van der Waals surface area contributed by atoms with Crippen molar-refractivity contribution in [2.24, 2.45) is 5.73 Å². The summed E-state index contributed by atoms with van der Waals surface area (Å²) in [6.07, 6.45) is 2.33. The molecule has 1 amide bonds. The zero-order valence-electron chi connectivity index (χ0n) is 12.1. The van der Waals surface area contributed by atoms with E-state index in [0.29, 0.717) is 22.2 Å². The first-order chi connectivity index (χ1) is 11.0. The molecule has 0 bridgehead atoms. The molecule has 0 spiro atoms. The van der Waals surface area contributed by atoms with Gasteiger partial charge < -0.3 is 16.0 Å². The van der Waals surface area contributed by atoms with Gasteiger partial charge in [0.1, 0.15) is 0 Å². The van der Waals surface area contributed by atoms with Crippen molar-refractivity contribution in [3.63, 3.8) is 0 Å². The Labute approximate surface area is 143 Å². The standard InChI is InChI=1S/C17H15Cl2N3O/c18-13-6-5-11(8-14(13)19)22-17(23)15(20)7-10-9-21-16-4-2-1-3-12(10)16/h1-6,8-9,15,21H,7,20H2,(H,22,23)/t15-/m0/s1. The molecule has 0 aliphatic heterocycles. The lowest BCUT2D eigenvalue weighted by Gasteiger charge is -2.12. The molecule has 3 aromatic rings. The lowest BCUT2D eigenvalue weighted by atomic mass is 10.0. The number of hydrogen-bond donors (Lipinski definition) is 3. The van der Waals surface area contributed by atoms with E-state index in [4.69, 9.17) is 28.9 Å². The molecule has 1 aromatic heterocycles. The Balaban J connectivity index is 1.71. The first kappa shape index (κ1) is 15.9. The molecule has 23 heavy (non-hydrogen) atoms. The van der Waals surface area contributed by atoms with Crippen molar-refractivity contribution in [2.75, 3.05) is 5.32 Å². The van der Waals surface area contributed by atoms with E-state index in [9.17, 15) is 4.79 Å². The smallest absolute Gasteiger partial charge is 0.241 e. The molecule has 2 aromatic carbocycles. The van der Waals surface area contributed by atoms with Crippen molar-refractivity contribution in [2.45, 2.75) is 12.5 Å². The number of amides is 1. The second-order valence-electron chi connectivity index (χ2n) is 5.29. The van der Waals surface area contributed by atoms with E-state index >= 15 is 0 Å². The summed E-state index contributed by atoms with van der Waals surface area (Å²) in [7, 11) is 0. The molecule has 0 saturated heterocycles. The van der Waals surface area contributed by atoms with Crippen molar-refractivity contribution >= 4 is 45.7 Å². The van der Waals surface area contributed by atoms with Gasteiger partial charge in [0.15, 0.2) is 0 Å². The summed E-state index contributed by atoms with van der Waals surface area (Å²) < 4.78 is 0. The first-order valence-corrected chi connectivity index (χ1v) is 7.86. The van der Waals surface area contributed by atoms with Gasteiger partial charge in [-0.15, -0.1) is 0 Å². The first-order valence-electron chi connectivity index (χ1n) is 7.11. The van der Waals surface area contributed by atoms with Gasteiger partial charge in [0.2, 0.25) is 5.91 Å². The SMILES string of the molecule is N[C@@H](Cc1c[nH]c2ccccc12)C(=O)Nc1ccc(Cl)c(Cl)c1. The number of aromatic nitrogens is 1. The number of nitrogens with two attached hydrogens (primary N) is 1. The van der Waals surface area contributed by atoms with Gasteiger partial charge in [-0.05, 0) is 36.2 Å². The number of rotatable bonds is 4. The van der Waals surface area contributed by atoms with Crippen LogP contribution in [-0.4, -0.2) is 16.9 Å². The third kappa shape index (κ3) is 3.50. The number of nitrogens with one attached hydrogen (secondary N) is 2. The van der Waals surface area contributed by atoms with E-state index in [2.05, 4.69) is 10.3 Å². The molecule has 4 nitrogen and oxygen atoms in total. The van der Waals surface area contributed by atoms with Crippen molar-refractivity contribution in [3.8, 4) is 0 Å². The molecule has 0 saturated carbocycles. The maximum atomic E-state index is 12.2. The minimum atomic E-state index is -0.663. The Bertz CT molecular complexity index is 860. The van der Waals surface area contributed by atoms with Gasteiger partial charge in [-0.25, -0.2) is 0 Å². The number of H-pyrrole nitrogens is 1. The van der Waals surface area contributed by atoms with Crippen LogP contribution in [0, 0.1) is 0 Å². The quantitative estimate of drug-likeness (QED) is 0.667. The number of fused-ring (bicyclic) bond motifs is 1. The van der Waals surface area contributed by atoms with E-state index in [1.807, 2.05) is 30.5 Å². The summed E-state index contributed by atoms with van der Waals surface area (Å²) in [4.78, 5) is 15.4. The molecular weight excluding hydrogens is 333 g/mol. The summed E-state index contributed by atoms with van der Waals surface area (Å²) in [6.45, 7) is 0. The number of para-hydroxylation sites is 1. The van der Waals surface area contributed by atoms with Crippen molar-refractivity contribution in [3.05, 3.63) is 64.3 Å². The van der Waals surface area contributed by atoms with Gasteiger partial charge in [0.25, 0.3) is 0 Å². The Hall–Kier alpha value is -2.01. The van der Waals surface area contributed by atoms with E-state index in [1.54, 1.807) is 18.2 Å². The van der Waals surface area contributed by atoms with E-state index < -0.39 is 6.04 Å². The zero-order valence-corrected chi connectivity index (χ0v) is 13.7. The Kier molecular flexibility index (Phi) is 4.57. The number of benzene rings is 2. The predicted molar refractivity (Wildman–Crippen MR) is 95.1 cm³/mol. The van der Waals surface area contributed by atoms with Gasteiger partial charge in [-0.2, -0.15) is 0 Å². The fraction of sp³-hybridized carbons (Fsp3) is 0.118. The molecule has 0 aliphatic rings. The van der Waals surface area contributed by atoms with Gasteiger partial charge in [0, 0.05) is 22.8 Å². The van der Waals surface area contributed by atoms with Crippen LogP contribution >= 0.6 is 23.2 Å². The minimum absolute atomic E-state index is 0.270. The topological polar surface area (TPSA) is 70.9 Å². The predicted octanol–water partition coefficient (Wildman–Crippen LogP) is 3.98. The molecule has 1 atom stereocenters. The second kappa shape index (κ2) is 6.62. The zero-order chi connectivity index (χ0) is 16.4. The minimum Gasteiger partial charge on any atom is -0.361 e. The fourth-order valence-electron chi connectivity index (χ4n) is 2.44. The number of aromatic amines is 1. The monoisotopic (exact) mass is 347 g/mol. The Morgan fingerprint density at radius 2 is 1.96 bits per heavy atom. The van der Waals surface area contributed by atoms with Crippen LogP contribution in [-0.2, 0) is 11.2 Å². The molecular formula is C17H15Cl2N3O. The number of anilines is 1. The highest BCUT2D eigenvalue weighted by Crippen LogP contribution is 2.25. The molecule has 118 valence electrons. The second-order valence-corrected chi connectivity index (χ2v) is 6.10. The lowest BCUT2D eigenvalue weighted by molar-refractivity contribution is -0.117. The average Bonchev–Trinajstić information content (AvgIpc) is 2.94. The number of halogens is 2. The summed E-state index contributed by atoms with van der Waals surface area (Å²) >= 11 is 11.8. The van der Waals surface area contributed by atoms with E-state index in [1.165, 1.54) is 0 Å². The molecule has 3 rings (SSSR count). The van der Waals surface area contributed by atoms with Crippen LogP contribution in [0.2, 0.25) is 10.0 Å². The van der Waals surface area contributed by atoms with Gasteiger partial charge in [-0.3, -0.25) is 4.79 Å². The van der Waals surface area contributed by atoms with Crippen LogP contribution < -0.4 is 11.1 Å². The molecule has 4 N–H and O–H groups in total. The molecule has 1 heterocycles. The van der Waals surface area contributed by atoms with Crippen LogP contribution in [0.4, 0.5) is 5.69 Å². The average molecular weight is 348 g/mol. The van der Waals surface area contributed by atoms with Crippen molar-refractivity contribution in [1.82, 2.24) is 4.98 Å². The highest BCUT2D eigenvalue weighted by Gasteiger charge is 2.16. The maximum Gasteiger partial charge on any atom is 0.241 e. The maximum absolute atomic E-state index is 12.2.